The van der Waals surface area contributed by atoms with Gasteiger partial charge in [0.05, 0.1) is 0 Å². The van der Waals surface area contributed by atoms with Crippen LogP contribution in [0.25, 0.3) is 0 Å². The molecule has 1 saturated heterocycles. The SMILES string of the molecule is Cc1ccccc1OCC(=O)NC(=S)N1CCCCC1. The maximum Gasteiger partial charge on any atom is 0.264 e. The van der Waals surface area contributed by atoms with Crippen LogP contribution in [0.2, 0.25) is 0 Å². The van der Waals surface area contributed by atoms with Crippen molar-refractivity contribution in [2.24, 2.45) is 0 Å². The summed E-state index contributed by atoms with van der Waals surface area (Å²) in [5.41, 5.74) is 1.01. The Morgan fingerprint density at radius 2 is 2.00 bits per heavy atom. The van der Waals surface area contributed by atoms with Gasteiger partial charge in [-0.05, 0) is 50.0 Å². The Bertz CT molecular complexity index is 485. The summed E-state index contributed by atoms with van der Waals surface area (Å²) in [7, 11) is 0. The Kier molecular flexibility index (Phi) is 5.35. The fourth-order valence-electron chi connectivity index (χ4n) is 2.19. The largest absolute Gasteiger partial charge is 0.483 e. The van der Waals surface area contributed by atoms with Gasteiger partial charge >= 0.3 is 0 Å². The second kappa shape index (κ2) is 7.24. The highest BCUT2D eigenvalue weighted by Crippen LogP contribution is 2.15. The van der Waals surface area contributed by atoms with Crippen molar-refractivity contribution in [1.29, 1.82) is 0 Å². The van der Waals surface area contributed by atoms with Gasteiger partial charge in [0.1, 0.15) is 5.75 Å². The summed E-state index contributed by atoms with van der Waals surface area (Å²) in [6.07, 6.45) is 3.51. The topological polar surface area (TPSA) is 41.6 Å². The van der Waals surface area contributed by atoms with E-state index in [2.05, 4.69) is 5.32 Å². The molecule has 1 heterocycles. The molecule has 1 aromatic rings. The fourth-order valence-corrected chi connectivity index (χ4v) is 2.49. The van der Waals surface area contributed by atoms with Crippen LogP contribution in [-0.4, -0.2) is 35.6 Å². The summed E-state index contributed by atoms with van der Waals surface area (Å²) in [5.74, 6) is 0.523. The number of likely N-dealkylation sites (tertiary alicyclic amines) is 1. The zero-order chi connectivity index (χ0) is 14.4. The quantitative estimate of drug-likeness (QED) is 0.868. The van der Waals surface area contributed by atoms with Crippen LogP contribution in [0.4, 0.5) is 0 Å². The number of carbonyl (C=O) groups is 1. The minimum atomic E-state index is -0.205. The highest BCUT2D eigenvalue weighted by molar-refractivity contribution is 7.80. The molecule has 5 heteroatoms. The summed E-state index contributed by atoms with van der Waals surface area (Å²) in [6, 6.07) is 7.63. The van der Waals surface area contributed by atoms with Crippen LogP contribution in [0.1, 0.15) is 24.8 Å². The van der Waals surface area contributed by atoms with Crippen LogP contribution in [0.5, 0.6) is 5.75 Å². The van der Waals surface area contributed by atoms with Crippen molar-refractivity contribution in [3.63, 3.8) is 0 Å². The fraction of sp³-hybridized carbons (Fsp3) is 0.467. The van der Waals surface area contributed by atoms with Crippen molar-refractivity contribution in [3.8, 4) is 5.75 Å². The number of nitrogens with one attached hydrogen (secondary N) is 1. The van der Waals surface area contributed by atoms with E-state index in [1.807, 2.05) is 36.1 Å². The van der Waals surface area contributed by atoms with Crippen LogP contribution in [-0.2, 0) is 4.79 Å². The third kappa shape index (κ3) is 4.20. The lowest BCUT2D eigenvalue weighted by molar-refractivity contribution is -0.121. The highest BCUT2D eigenvalue weighted by Gasteiger charge is 2.15. The molecular weight excluding hydrogens is 272 g/mol. The van der Waals surface area contributed by atoms with Crippen LogP contribution >= 0.6 is 12.2 Å². The number of rotatable bonds is 3. The molecule has 1 aromatic carbocycles. The van der Waals surface area contributed by atoms with Crippen molar-refractivity contribution in [2.75, 3.05) is 19.7 Å². The van der Waals surface area contributed by atoms with Crippen molar-refractivity contribution in [2.45, 2.75) is 26.2 Å². The monoisotopic (exact) mass is 292 g/mol. The molecule has 1 amide bonds. The predicted molar refractivity (Wildman–Crippen MR) is 82.8 cm³/mol. The zero-order valence-electron chi connectivity index (χ0n) is 11.7. The highest BCUT2D eigenvalue weighted by atomic mass is 32.1. The number of nitrogens with zero attached hydrogens (tertiary/aromatic N) is 1. The Labute approximate surface area is 125 Å². The van der Waals surface area contributed by atoms with E-state index in [4.69, 9.17) is 17.0 Å². The first-order chi connectivity index (χ1) is 9.66. The second-order valence-electron chi connectivity index (χ2n) is 4.96. The normalized spacial score (nSPS) is 14.8. The summed E-state index contributed by atoms with van der Waals surface area (Å²) >= 11 is 5.25. The van der Waals surface area contributed by atoms with Gasteiger partial charge in [-0.1, -0.05) is 18.2 Å². The smallest absolute Gasteiger partial charge is 0.264 e. The van der Waals surface area contributed by atoms with Gasteiger partial charge in [-0.25, -0.2) is 0 Å². The molecule has 20 heavy (non-hydrogen) atoms. The van der Waals surface area contributed by atoms with E-state index in [9.17, 15) is 4.79 Å². The van der Waals surface area contributed by atoms with Crippen LogP contribution in [0.15, 0.2) is 24.3 Å². The average Bonchev–Trinajstić information content (AvgIpc) is 2.47. The molecule has 1 aliphatic heterocycles. The molecule has 0 aliphatic carbocycles. The molecule has 0 radical (unpaired) electrons. The number of amides is 1. The van der Waals surface area contributed by atoms with Gasteiger partial charge in [0, 0.05) is 13.1 Å². The molecule has 1 N–H and O–H groups in total. The zero-order valence-corrected chi connectivity index (χ0v) is 12.5. The number of piperidine rings is 1. The molecule has 0 atom stereocenters. The van der Waals surface area contributed by atoms with E-state index in [0.29, 0.717) is 5.11 Å². The van der Waals surface area contributed by atoms with Gasteiger partial charge in [0.15, 0.2) is 11.7 Å². The van der Waals surface area contributed by atoms with Crippen LogP contribution in [0.3, 0.4) is 0 Å². The van der Waals surface area contributed by atoms with Crippen molar-refractivity contribution in [1.82, 2.24) is 10.2 Å². The van der Waals surface area contributed by atoms with E-state index >= 15 is 0 Å². The maximum absolute atomic E-state index is 11.8. The Morgan fingerprint density at radius 1 is 1.30 bits per heavy atom. The molecule has 108 valence electrons. The lowest BCUT2D eigenvalue weighted by Crippen LogP contribution is -2.46. The third-order valence-electron chi connectivity index (χ3n) is 3.34. The van der Waals surface area contributed by atoms with E-state index < -0.39 is 0 Å². The predicted octanol–water partition coefficient (Wildman–Crippen LogP) is 2.26. The lowest BCUT2D eigenvalue weighted by atomic mass is 10.1. The summed E-state index contributed by atoms with van der Waals surface area (Å²) < 4.78 is 5.50. The van der Waals surface area contributed by atoms with Crippen molar-refractivity contribution >= 4 is 23.2 Å². The first kappa shape index (κ1) is 14.8. The van der Waals surface area contributed by atoms with Crippen LogP contribution < -0.4 is 10.1 Å². The lowest BCUT2D eigenvalue weighted by Gasteiger charge is -2.28. The number of hydrogen-bond donors (Lipinski definition) is 1. The van der Waals surface area contributed by atoms with Crippen molar-refractivity contribution < 1.29 is 9.53 Å². The molecule has 0 aromatic heterocycles. The standard InChI is InChI=1S/C15H20N2O2S/c1-12-7-3-4-8-13(12)19-11-14(18)16-15(20)17-9-5-2-6-10-17/h3-4,7-8H,2,5-6,9-11H2,1H3,(H,16,18,20). The summed E-state index contributed by atoms with van der Waals surface area (Å²) in [6.45, 7) is 3.79. The van der Waals surface area contributed by atoms with E-state index in [-0.39, 0.29) is 12.5 Å². The molecule has 1 fully saturated rings. The maximum atomic E-state index is 11.8. The summed E-state index contributed by atoms with van der Waals surface area (Å²) in [4.78, 5) is 13.9. The van der Waals surface area contributed by atoms with Gasteiger partial charge in [-0.2, -0.15) is 0 Å². The minimum absolute atomic E-state index is 0.0150. The third-order valence-corrected chi connectivity index (χ3v) is 3.70. The molecule has 0 bridgehead atoms. The molecular formula is C15H20N2O2S. The Hall–Kier alpha value is -1.62. The number of carbonyl (C=O) groups excluding carboxylic acids is 1. The number of para-hydroxylation sites is 1. The molecule has 0 saturated carbocycles. The van der Waals surface area contributed by atoms with E-state index in [0.717, 1.165) is 37.2 Å². The van der Waals surface area contributed by atoms with E-state index in [1.54, 1.807) is 0 Å². The van der Waals surface area contributed by atoms with Gasteiger partial charge < -0.3 is 15.0 Å². The van der Waals surface area contributed by atoms with Crippen LogP contribution in [0, 0.1) is 6.92 Å². The van der Waals surface area contributed by atoms with Gasteiger partial charge in [0.2, 0.25) is 0 Å². The Balaban J connectivity index is 1.77. The number of thiocarbonyl (C=S) groups is 1. The molecule has 0 spiro atoms. The van der Waals surface area contributed by atoms with Crippen molar-refractivity contribution in [3.05, 3.63) is 29.8 Å². The average molecular weight is 292 g/mol. The van der Waals surface area contributed by atoms with Gasteiger partial charge in [-0.3, -0.25) is 4.79 Å². The first-order valence-corrected chi connectivity index (χ1v) is 7.35. The summed E-state index contributed by atoms with van der Waals surface area (Å²) in [5, 5.41) is 3.25. The molecule has 2 rings (SSSR count). The number of aryl methyl sites for hydroxylation is 1. The van der Waals surface area contributed by atoms with Gasteiger partial charge in [-0.15, -0.1) is 0 Å². The molecule has 0 unspecified atom stereocenters. The molecule has 1 aliphatic rings. The number of benzene rings is 1. The Morgan fingerprint density at radius 3 is 2.70 bits per heavy atom. The van der Waals surface area contributed by atoms with Gasteiger partial charge in [0.25, 0.3) is 5.91 Å². The minimum Gasteiger partial charge on any atom is -0.483 e. The van der Waals surface area contributed by atoms with E-state index in [1.165, 1.54) is 6.42 Å². The second-order valence-corrected chi connectivity index (χ2v) is 5.34. The number of ether oxygens (including phenoxy) is 1. The first-order valence-electron chi connectivity index (χ1n) is 6.94. The number of hydrogen-bond acceptors (Lipinski definition) is 3. The molecule has 4 nitrogen and oxygen atoms in total.